The topological polar surface area (TPSA) is 86.8 Å². The molecule has 0 aliphatic heterocycles. The number of hydrogen-bond donors (Lipinski definition) is 1. The van der Waals surface area contributed by atoms with Gasteiger partial charge >= 0.3 is 0 Å². The van der Waals surface area contributed by atoms with Crippen molar-refractivity contribution in [1.29, 1.82) is 0 Å². The molecule has 0 saturated heterocycles. The van der Waals surface area contributed by atoms with Crippen molar-refractivity contribution in [2.45, 2.75) is 75.8 Å². The van der Waals surface area contributed by atoms with Gasteiger partial charge in [0.2, 0.25) is 11.8 Å². The van der Waals surface area contributed by atoms with Crippen molar-refractivity contribution >= 4 is 39.1 Å². The molecule has 1 aliphatic rings. The van der Waals surface area contributed by atoms with Crippen molar-refractivity contribution in [3.05, 3.63) is 95.0 Å². The highest BCUT2D eigenvalue weighted by Crippen LogP contribution is 2.30. The van der Waals surface area contributed by atoms with Gasteiger partial charge in [-0.3, -0.25) is 13.9 Å². The average Bonchev–Trinajstić information content (AvgIpc) is 3.00. The Bertz CT molecular complexity index is 1440. The first-order chi connectivity index (χ1) is 20.2. The number of anilines is 1. The Hall–Kier alpha value is -3.36. The van der Waals surface area contributed by atoms with Crippen molar-refractivity contribution in [1.82, 2.24) is 10.2 Å². The molecular formula is C33H40ClN3O4S. The summed E-state index contributed by atoms with van der Waals surface area (Å²) in [5.41, 5.74) is 2.00. The summed E-state index contributed by atoms with van der Waals surface area (Å²) in [4.78, 5) is 29.5. The summed E-state index contributed by atoms with van der Waals surface area (Å²) in [6.45, 7) is 3.46. The molecule has 3 aromatic rings. The second kappa shape index (κ2) is 14.7. The summed E-state index contributed by atoms with van der Waals surface area (Å²) >= 11 is 6.31. The highest BCUT2D eigenvalue weighted by molar-refractivity contribution is 7.92. The summed E-state index contributed by atoms with van der Waals surface area (Å²) in [6, 6.07) is 22.1. The van der Waals surface area contributed by atoms with E-state index in [1.165, 1.54) is 18.6 Å². The largest absolute Gasteiger partial charge is 0.352 e. The minimum absolute atomic E-state index is 0.0649. The number of aryl methyl sites for hydroxylation is 1. The van der Waals surface area contributed by atoms with Crippen molar-refractivity contribution in [3.63, 3.8) is 0 Å². The van der Waals surface area contributed by atoms with Crippen LogP contribution in [0.5, 0.6) is 0 Å². The third-order valence-electron chi connectivity index (χ3n) is 7.87. The fourth-order valence-corrected chi connectivity index (χ4v) is 7.18. The molecule has 224 valence electrons. The Morgan fingerprint density at radius 2 is 1.60 bits per heavy atom. The normalized spacial score (nSPS) is 14.6. The van der Waals surface area contributed by atoms with E-state index in [-0.39, 0.29) is 23.4 Å². The highest BCUT2D eigenvalue weighted by atomic mass is 35.5. The monoisotopic (exact) mass is 609 g/mol. The van der Waals surface area contributed by atoms with E-state index in [0.29, 0.717) is 29.1 Å². The van der Waals surface area contributed by atoms with Crippen LogP contribution in [0.15, 0.2) is 83.8 Å². The number of sulfonamides is 1. The zero-order valence-corrected chi connectivity index (χ0v) is 25.9. The number of carbonyl (C=O) groups excluding carboxylic acids is 2. The molecule has 0 unspecified atom stereocenters. The fourth-order valence-electron chi connectivity index (χ4n) is 5.52. The molecule has 0 radical (unpaired) electrons. The van der Waals surface area contributed by atoms with Gasteiger partial charge in [-0.05, 0) is 68.0 Å². The van der Waals surface area contributed by atoms with Crippen LogP contribution in [-0.4, -0.2) is 50.3 Å². The lowest BCUT2D eigenvalue weighted by Crippen LogP contribution is -2.54. The van der Waals surface area contributed by atoms with Crippen LogP contribution in [0.3, 0.4) is 0 Å². The van der Waals surface area contributed by atoms with E-state index in [9.17, 15) is 18.0 Å². The third kappa shape index (κ3) is 7.92. The SMILES string of the molecule is CC[C@@H](C(=O)NC1CCCCC1)N(CCc1ccccc1)C(=O)CN(c1cc(Cl)ccc1C)S(=O)(=O)c1ccccc1. The number of benzene rings is 3. The zero-order chi connectivity index (χ0) is 30.1. The standard InChI is InChI=1S/C33H40ClN3O4S/c1-3-30(33(39)35-28-15-9-5-10-16-28)36(22-21-26-13-7-4-8-14-26)32(38)24-37(31-23-27(34)20-19-25(31)2)42(40,41)29-17-11-6-12-18-29/h4,6-8,11-14,17-20,23,28,30H,3,5,9-10,15-16,21-22,24H2,1-2H3,(H,35,39)/t30-/m0/s1. The minimum Gasteiger partial charge on any atom is -0.352 e. The van der Waals surface area contributed by atoms with Crippen LogP contribution in [0.4, 0.5) is 5.69 Å². The molecule has 42 heavy (non-hydrogen) atoms. The number of amides is 2. The van der Waals surface area contributed by atoms with E-state index < -0.39 is 28.5 Å². The number of hydrogen-bond acceptors (Lipinski definition) is 4. The second-order valence-electron chi connectivity index (χ2n) is 10.8. The van der Waals surface area contributed by atoms with Crippen LogP contribution in [0, 0.1) is 6.92 Å². The second-order valence-corrected chi connectivity index (χ2v) is 13.1. The van der Waals surface area contributed by atoms with Crippen LogP contribution in [0.2, 0.25) is 5.02 Å². The average molecular weight is 610 g/mol. The minimum atomic E-state index is -4.14. The summed E-state index contributed by atoms with van der Waals surface area (Å²) in [7, 11) is -4.14. The maximum absolute atomic E-state index is 14.2. The molecule has 7 nitrogen and oxygen atoms in total. The first kappa shape index (κ1) is 31.6. The first-order valence-corrected chi connectivity index (χ1v) is 16.5. The lowest BCUT2D eigenvalue weighted by Gasteiger charge is -2.34. The molecule has 1 fully saturated rings. The Morgan fingerprint density at radius 3 is 2.24 bits per heavy atom. The lowest BCUT2D eigenvalue weighted by atomic mass is 9.95. The van der Waals surface area contributed by atoms with Crippen LogP contribution >= 0.6 is 11.6 Å². The molecule has 1 N–H and O–H groups in total. The van der Waals surface area contributed by atoms with E-state index in [4.69, 9.17) is 11.6 Å². The van der Waals surface area contributed by atoms with E-state index in [1.54, 1.807) is 48.2 Å². The molecule has 0 bridgehead atoms. The number of rotatable bonds is 12. The molecule has 0 spiro atoms. The van der Waals surface area contributed by atoms with Crippen LogP contribution < -0.4 is 9.62 Å². The third-order valence-corrected chi connectivity index (χ3v) is 9.88. The van der Waals surface area contributed by atoms with Gasteiger partial charge in [0, 0.05) is 17.6 Å². The maximum atomic E-state index is 14.2. The Labute approximate surface area is 254 Å². The molecule has 0 heterocycles. The summed E-state index contributed by atoms with van der Waals surface area (Å²) in [5.74, 6) is -0.641. The van der Waals surface area contributed by atoms with Crippen molar-refractivity contribution in [3.8, 4) is 0 Å². The zero-order valence-electron chi connectivity index (χ0n) is 24.3. The molecule has 9 heteroatoms. The molecule has 4 rings (SSSR count). The van der Waals surface area contributed by atoms with Gasteiger partial charge < -0.3 is 10.2 Å². The van der Waals surface area contributed by atoms with Gasteiger partial charge in [0.15, 0.2) is 0 Å². The van der Waals surface area contributed by atoms with E-state index in [2.05, 4.69) is 5.32 Å². The van der Waals surface area contributed by atoms with E-state index in [0.717, 1.165) is 35.6 Å². The lowest BCUT2D eigenvalue weighted by molar-refractivity contribution is -0.140. The van der Waals surface area contributed by atoms with Gasteiger partial charge in [-0.1, -0.05) is 92.4 Å². The summed E-state index contributed by atoms with van der Waals surface area (Å²) < 4.78 is 29.1. The smallest absolute Gasteiger partial charge is 0.264 e. The number of nitrogens with one attached hydrogen (secondary N) is 1. The van der Waals surface area contributed by atoms with Crippen molar-refractivity contribution < 1.29 is 18.0 Å². The van der Waals surface area contributed by atoms with Crippen LogP contribution in [-0.2, 0) is 26.0 Å². The Kier molecular flexibility index (Phi) is 11.0. The molecule has 1 saturated carbocycles. The molecule has 1 atom stereocenters. The number of halogens is 1. The van der Waals surface area contributed by atoms with Gasteiger partial charge in [-0.2, -0.15) is 0 Å². The predicted octanol–water partition coefficient (Wildman–Crippen LogP) is 6.14. The van der Waals surface area contributed by atoms with Gasteiger partial charge in [-0.25, -0.2) is 8.42 Å². The van der Waals surface area contributed by atoms with Crippen molar-refractivity contribution in [2.24, 2.45) is 0 Å². The fraction of sp³-hybridized carbons (Fsp3) is 0.394. The van der Waals surface area contributed by atoms with Crippen molar-refractivity contribution in [2.75, 3.05) is 17.4 Å². The molecule has 2 amide bonds. The van der Waals surface area contributed by atoms with Crippen LogP contribution in [0.1, 0.15) is 56.6 Å². The maximum Gasteiger partial charge on any atom is 0.264 e. The summed E-state index contributed by atoms with van der Waals surface area (Å²) in [6.07, 6.45) is 6.10. The van der Waals surface area contributed by atoms with Crippen LogP contribution in [0.25, 0.3) is 0 Å². The van der Waals surface area contributed by atoms with Gasteiger partial charge in [-0.15, -0.1) is 0 Å². The summed E-state index contributed by atoms with van der Waals surface area (Å²) in [5, 5.41) is 3.54. The number of carbonyl (C=O) groups is 2. The van der Waals surface area contributed by atoms with Gasteiger partial charge in [0.25, 0.3) is 10.0 Å². The van der Waals surface area contributed by atoms with E-state index >= 15 is 0 Å². The highest BCUT2D eigenvalue weighted by Gasteiger charge is 2.34. The molecule has 3 aromatic carbocycles. The molecule has 1 aliphatic carbocycles. The molecule has 0 aromatic heterocycles. The molecular weight excluding hydrogens is 570 g/mol. The number of nitrogens with zero attached hydrogens (tertiary/aromatic N) is 2. The van der Waals surface area contributed by atoms with Gasteiger partial charge in [0.05, 0.1) is 10.6 Å². The van der Waals surface area contributed by atoms with E-state index in [1.807, 2.05) is 37.3 Å². The predicted molar refractivity (Wildman–Crippen MR) is 168 cm³/mol. The Balaban J connectivity index is 1.69. The Morgan fingerprint density at radius 1 is 0.952 bits per heavy atom. The first-order valence-electron chi connectivity index (χ1n) is 14.7. The quantitative estimate of drug-likeness (QED) is 0.267. The van der Waals surface area contributed by atoms with Gasteiger partial charge in [0.1, 0.15) is 12.6 Å².